The summed E-state index contributed by atoms with van der Waals surface area (Å²) in [5.74, 6) is 1.82. The van der Waals surface area contributed by atoms with Gasteiger partial charge < -0.3 is 9.47 Å². The van der Waals surface area contributed by atoms with E-state index in [2.05, 4.69) is 0 Å². The van der Waals surface area contributed by atoms with Crippen molar-refractivity contribution in [2.24, 2.45) is 0 Å². The molecule has 0 amide bonds. The van der Waals surface area contributed by atoms with Gasteiger partial charge in [-0.25, -0.2) is 8.42 Å². The molecule has 1 fully saturated rings. The molecule has 0 spiro atoms. The molecular weight excluding hydrogens is 418 g/mol. The lowest BCUT2D eigenvalue weighted by atomic mass is 10.1. The van der Waals surface area contributed by atoms with E-state index in [9.17, 15) is 8.42 Å². The van der Waals surface area contributed by atoms with E-state index in [0.717, 1.165) is 29.2 Å². The second-order valence-electron chi connectivity index (χ2n) is 6.73. The van der Waals surface area contributed by atoms with Crippen LogP contribution in [-0.4, -0.2) is 44.8 Å². The maximum Gasteiger partial charge on any atom is 0.243 e. The number of ether oxygens (including phenoxy) is 2. The summed E-state index contributed by atoms with van der Waals surface area (Å²) < 4.78 is 39.3. The molecule has 0 saturated carbocycles. The summed E-state index contributed by atoms with van der Waals surface area (Å²) in [4.78, 5) is 0.248. The number of halogens is 1. The predicted molar refractivity (Wildman–Crippen MR) is 112 cm³/mol. The minimum absolute atomic E-state index is 0.192. The zero-order valence-electron chi connectivity index (χ0n) is 15.3. The number of rotatable bonds is 3. The maximum atomic E-state index is 13.2. The molecule has 1 saturated heterocycles. The fourth-order valence-electron chi connectivity index (χ4n) is 3.43. The molecular formula is C20H22ClNO4S2. The molecule has 1 atom stereocenters. The minimum Gasteiger partial charge on any atom is -0.490 e. The van der Waals surface area contributed by atoms with Crippen molar-refractivity contribution in [1.82, 2.24) is 4.31 Å². The number of sulfonamides is 1. The number of fused-ring (bicyclic) bond motifs is 1. The number of hydrogen-bond acceptors (Lipinski definition) is 5. The normalized spacial score (nSPS) is 21.0. The van der Waals surface area contributed by atoms with Crippen molar-refractivity contribution in [1.29, 1.82) is 0 Å². The van der Waals surface area contributed by atoms with Gasteiger partial charge in [0, 0.05) is 41.6 Å². The summed E-state index contributed by atoms with van der Waals surface area (Å²) in [7, 11) is -3.60. The topological polar surface area (TPSA) is 55.8 Å². The van der Waals surface area contributed by atoms with Crippen LogP contribution in [0.15, 0.2) is 47.4 Å². The zero-order chi connectivity index (χ0) is 19.6. The summed E-state index contributed by atoms with van der Waals surface area (Å²) in [5.41, 5.74) is 1.07. The first-order valence-electron chi connectivity index (χ1n) is 9.31. The Morgan fingerprint density at radius 3 is 2.64 bits per heavy atom. The van der Waals surface area contributed by atoms with Crippen LogP contribution < -0.4 is 9.47 Å². The van der Waals surface area contributed by atoms with Gasteiger partial charge in [-0.3, -0.25) is 0 Å². The third-order valence-corrected chi connectivity index (χ3v) is 8.46. The molecule has 2 aliphatic rings. The van der Waals surface area contributed by atoms with Gasteiger partial charge in [0.2, 0.25) is 10.0 Å². The Hall–Kier alpha value is -1.41. The van der Waals surface area contributed by atoms with Crippen LogP contribution >= 0.6 is 23.4 Å². The predicted octanol–water partition coefficient (Wildman–Crippen LogP) is 4.37. The van der Waals surface area contributed by atoms with Crippen LogP contribution in [0.4, 0.5) is 0 Å². The van der Waals surface area contributed by atoms with E-state index in [1.54, 1.807) is 34.3 Å². The smallest absolute Gasteiger partial charge is 0.243 e. The van der Waals surface area contributed by atoms with Crippen molar-refractivity contribution in [3.63, 3.8) is 0 Å². The molecule has 5 nitrogen and oxygen atoms in total. The Labute approximate surface area is 175 Å². The molecule has 0 N–H and O–H groups in total. The van der Waals surface area contributed by atoms with E-state index in [0.29, 0.717) is 37.8 Å². The van der Waals surface area contributed by atoms with Gasteiger partial charge in [0.15, 0.2) is 11.5 Å². The first kappa shape index (κ1) is 19.9. The average Bonchev–Trinajstić information content (AvgIpc) is 3.09. The number of benzene rings is 2. The molecule has 2 aromatic carbocycles. The standard InChI is InChI=1S/C20H22ClNO4S2/c21-17-5-2-1-4-16(17)20-8-9-22(10-13-27-20)28(23,24)15-6-7-18-19(14-15)26-12-3-11-25-18/h1-2,4-7,14,20H,3,8-13H2/t20-/m1/s1. The molecule has 8 heteroatoms. The Bertz CT molecular complexity index is 951. The molecule has 2 aliphatic heterocycles. The second-order valence-corrected chi connectivity index (χ2v) is 10.4. The van der Waals surface area contributed by atoms with Crippen LogP contribution in [0, 0.1) is 0 Å². The van der Waals surface area contributed by atoms with Gasteiger partial charge in [0.1, 0.15) is 0 Å². The quantitative estimate of drug-likeness (QED) is 0.710. The van der Waals surface area contributed by atoms with Crippen LogP contribution in [0.1, 0.15) is 23.7 Å². The lowest BCUT2D eigenvalue weighted by molar-refractivity contribution is 0.296. The van der Waals surface area contributed by atoms with Gasteiger partial charge in [0.05, 0.1) is 18.1 Å². The molecule has 2 heterocycles. The van der Waals surface area contributed by atoms with Crippen LogP contribution in [-0.2, 0) is 10.0 Å². The monoisotopic (exact) mass is 439 g/mol. The van der Waals surface area contributed by atoms with Crippen molar-refractivity contribution in [3.8, 4) is 11.5 Å². The largest absolute Gasteiger partial charge is 0.490 e. The highest BCUT2D eigenvalue weighted by Crippen LogP contribution is 2.39. The van der Waals surface area contributed by atoms with E-state index in [4.69, 9.17) is 21.1 Å². The van der Waals surface area contributed by atoms with Gasteiger partial charge in [-0.1, -0.05) is 29.8 Å². The van der Waals surface area contributed by atoms with E-state index >= 15 is 0 Å². The minimum atomic E-state index is -3.60. The van der Waals surface area contributed by atoms with Crippen molar-refractivity contribution in [2.45, 2.75) is 23.0 Å². The number of thioether (sulfide) groups is 1. The number of nitrogens with zero attached hydrogens (tertiary/aromatic N) is 1. The van der Waals surface area contributed by atoms with Gasteiger partial charge in [0.25, 0.3) is 0 Å². The van der Waals surface area contributed by atoms with E-state index in [1.807, 2.05) is 24.3 Å². The van der Waals surface area contributed by atoms with Crippen LogP contribution in [0.5, 0.6) is 11.5 Å². The van der Waals surface area contributed by atoms with Gasteiger partial charge >= 0.3 is 0 Å². The third-order valence-electron chi connectivity index (χ3n) is 4.91. The SMILES string of the molecule is O=S(=O)(c1ccc2c(c1)OCCCO2)N1CCS[C@@H](c2ccccc2Cl)CC1. The molecule has 0 radical (unpaired) electrons. The Morgan fingerprint density at radius 2 is 1.82 bits per heavy atom. The average molecular weight is 440 g/mol. The van der Waals surface area contributed by atoms with Crippen molar-refractivity contribution in [3.05, 3.63) is 53.1 Å². The fraction of sp³-hybridized carbons (Fsp3) is 0.400. The Morgan fingerprint density at radius 1 is 1.04 bits per heavy atom. The second kappa shape index (κ2) is 8.53. The zero-order valence-corrected chi connectivity index (χ0v) is 17.7. The van der Waals surface area contributed by atoms with Gasteiger partial charge in [-0.2, -0.15) is 16.1 Å². The molecule has 2 aromatic rings. The van der Waals surface area contributed by atoms with Crippen molar-refractivity contribution in [2.75, 3.05) is 32.1 Å². The molecule has 28 heavy (non-hydrogen) atoms. The van der Waals surface area contributed by atoms with E-state index in [1.165, 1.54) is 0 Å². The van der Waals surface area contributed by atoms with Crippen LogP contribution in [0.2, 0.25) is 5.02 Å². The van der Waals surface area contributed by atoms with E-state index in [-0.39, 0.29) is 10.1 Å². The first-order valence-corrected chi connectivity index (χ1v) is 12.2. The highest BCUT2D eigenvalue weighted by Gasteiger charge is 2.30. The van der Waals surface area contributed by atoms with Crippen LogP contribution in [0.25, 0.3) is 0 Å². The highest BCUT2D eigenvalue weighted by atomic mass is 35.5. The summed E-state index contributed by atoms with van der Waals surface area (Å²) in [6, 6.07) is 12.7. The fourth-order valence-corrected chi connectivity index (χ4v) is 6.61. The molecule has 0 aliphatic carbocycles. The molecule has 4 rings (SSSR count). The highest BCUT2D eigenvalue weighted by molar-refractivity contribution is 7.99. The van der Waals surface area contributed by atoms with Crippen LogP contribution in [0.3, 0.4) is 0 Å². The van der Waals surface area contributed by atoms with Crippen molar-refractivity contribution < 1.29 is 17.9 Å². The van der Waals surface area contributed by atoms with Crippen molar-refractivity contribution >= 4 is 33.4 Å². The molecule has 150 valence electrons. The number of hydrogen-bond donors (Lipinski definition) is 0. The summed E-state index contributed by atoms with van der Waals surface area (Å²) in [5, 5.41) is 0.928. The summed E-state index contributed by atoms with van der Waals surface area (Å²) >= 11 is 8.10. The molecule has 0 aromatic heterocycles. The maximum absolute atomic E-state index is 13.2. The molecule has 0 unspecified atom stereocenters. The lowest BCUT2D eigenvalue weighted by Gasteiger charge is -2.21. The third kappa shape index (κ3) is 4.13. The summed E-state index contributed by atoms with van der Waals surface area (Å²) in [6.45, 7) is 2.03. The Balaban J connectivity index is 1.54. The Kier molecular flexibility index (Phi) is 6.06. The van der Waals surface area contributed by atoms with Gasteiger partial charge in [-0.05, 0) is 30.2 Å². The van der Waals surface area contributed by atoms with Gasteiger partial charge in [-0.15, -0.1) is 0 Å². The molecule has 0 bridgehead atoms. The first-order chi connectivity index (χ1) is 13.6. The van der Waals surface area contributed by atoms with E-state index < -0.39 is 10.0 Å². The summed E-state index contributed by atoms with van der Waals surface area (Å²) in [6.07, 6.45) is 1.50. The lowest BCUT2D eigenvalue weighted by Crippen LogP contribution is -2.33.